The number of ketones is 1. The highest BCUT2D eigenvalue weighted by atomic mass is 32.2. The van der Waals surface area contributed by atoms with Gasteiger partial charge in [-0.1, -0.05) is 6.07 Å². The molecule has 0 amide bonds. The van der Waals surface area contributed by atoms with Crippen LogP contribution in [0.4, 0.5) is 4.39 Å². The first-order valence-corrected chi connectivity index (χ1v) is 7.95. The van der Waals surface area contributed by atoms with E-state index in [4.69, 9.17) is 4.74 Å². The van der Waals surface area contributed by atoms with Crippen molar-refractivity contribution in [2.75, 3.05) is 32.7 Å². The Morgan fingerprint density at radius 3 is 2.80 bits per heavy atom. The molecule has 0 N–H and O–H groups in total. The van der Waals surface area contributed by atoms with Crippen molar-refractivity contribution in [2.24, 2.45) is 0 Å². The highest BCUT2D eigenvalue weighted by Crippen LogP contribution is 2.22. The maximum absolute atomic E-state index is 13.8. The molecular formula is C15H22FNO2S. The number of carbonyl (C=O) groups is 1. The summed E-state index contributed by atoms with van der Waals surface area (Å²) in [6.45, 7) is 2.72. The number of Topliss-reactive ketones (excluding diaryl/α,β-unsaturated/α-hetero) is 1. The van der Waals surface area contributed by atoms with Crippen LogP contribution in [0.2, 0.25) is 0 Å². The molecule has 112 valence electrons. The van der Waals surface area contributed by atoms with E-state index in [1.807, 2.05) is 7.05 Å². The second-order valence-electron chi connectivity index (χ2n) is 4.78. The van der Waals surface area contributed by atoms with E-state index in [1.54, 1.807) is 17.8 Å². The van der Waals surface area contributed by atoms with Crippen molar-refractivity contribution in [1.82, 2.24) is 4.90 Å². The molecule has 0 saturated heterocycles. The summed E-state index contributed by atoms with van der Waals surface area (Å²) in [4.78, 5) is 14.3. The number of hydrogen-bond acceptors (Lipinski definition) is 4. The lowest BCUT2D eigenvalue weighted by Crippen LogP contribution is -2.33. The summed E-state index contributed by atoms with van der Waals surface area (Å²) in [5.74, 6) is 0.570. The number of thioether (sulfide) groups is 1. The second-order valence-corrected chi connectivity index (χ2v) is 5.69. The lowest BCUT2D eigenvalue weighted by Gasteiger charge is -2.23. The highest BCUT2D eigenvalue weighted by Gasteiger charge is 2.18. The molecule has 5 heteroatoms. The van der Waals surface area contributed by atoms with Crippen LogP contribution in [-0.4, -0.2) is 49.4 Å². The zero-order valence-electron chi connectivity index (χ0n) is 12.5. The Kier molecular flexibility index (Phi) is 7.02. The lowest BCUT2D eigenvalue weighted by atomic mass is 10.1. The average molecular weight is 299 g/mol. The summed E-state index contributed by atoms with van der Waals surface area (Å²) in [5.41, 5.74) is 0.0564. The minimum atomic E-state index is -0.519. The van der Waals surface area contributed by atoms with Gasteiger partial charge < -0.3 is 9.64 Å². The number of nitrogens with zero attached hydrogens (tertiary/aromatic N) is 1. The summed E-state index contributed by atoms with van der Waals surface area (Å²) >= 11 is 1.77. The van der Waals surface area contributed by atoms with Crippen LogP contribution >= 0.6 is 11.8 Å². The maximum Gasteiger partial charge on any atom is 0.170 e. The Morgan fingerprint density at radius 1 is 1.50 bits per heavy atom. The Bertz CT molecular complexity index is 453. The average Bonchev–Trinajstić information content (AvgIpc) is 2.44. The minimum absolute atomic E-state index is 0.0564. The zero-order valence-corrected chi connectivity index (χ0v) is 13.3. The highest BCUT2D eigenvalue weighted by molar-refractivity contribution is 7.98. The topological polar surface area (TPSA) is 29.5 Å². The van der Waals surface area contributed by atoms with Crippen LogP contribution in [0.25, 0.3) is 0 Å². The number of ether oxygens (including phenoxy) is 1. The molecule has 0 aromatic heterocycles. The Hall–Kier alpha value is -1.07. The van der Waals surface area contributed by atoms with Crippen LogP contribution in [0.3, 0.4) is 0 Å². The largest absolute Gasteiger partial charge is 0.496 e. The third-order valence-corrected chi connectivity index (χ3v) is 4.14. The smallest absolute Gasteiger partial charge is 0.170 e. The number of carbonyl (C=O) groups excluding carboxylic acids is 1. The molecule has 3 nitrogen and oxygen atoms in total. The standard InChI is InChI=1S/C15H22FNO2S/c1-11(10-20-4)17(2)9-8-13(18)15-12(16)6-5-7-14(15)19-3/h5-7,11H,8-10H2,1-4H3. The fourth-order valence-electron chi connectivity index (χ4n) is 1.94. The van der Waals surface area contributed by atoms with Crippen molar-refractivity contribution in [3.8, 4) is 5.75 Å². The van der Waals surface area contributed by atoms with Gasteiger partial charge in [0.25, 0.3) is 0 Å². The molecule has 20 heavy (non-hydrogen) atoms. The maximum atomic E-state index is 13.8. The van der Waals surface area contributed by atoms with Crippen molar-refractivity contribution in [3.63, 3.8) is 0 Å². The van der Waals surface area contributed by atoms with Crippen molar-refractivity contribution in [2.45, 2.75) is 19.4 Å². The predicted octanol–water partition coefficient (Wildman–Crippen LogP) is 3.09. The number of rotatable bonds is 8. The molecule has 0 bridgehead atoms. The van der Waals surface area contributed by atoms with Crippen LogP contribution in [0.1, 0.15) is 23.7 Å². The van der Waals surface area contributed by atoms with Crippen molar-refractivity contribution in [1.29, 1.82) is 0 Å². The van der Waals surface area contributed by atoms with Gasteiger partial charge in [-0.15, -0.1) is 0 Å². The molecule has 0 spiro atoms. The third-order valence-electron chi connectivity index (χ3n) is 3.33. The van der Waals surface area contributed by atoms with Gasteiger partial charge in [0.1, 0.15) is 11.6 Å². The third kappa shape index (κ3) is 4.49. The molecule has 0 fully saturated rings. The Balaban J connectivity index is 2.68. The van der Waals surface area contributed by atoms with Crippen LogP contribution in [0.5, 0.6) is 5.75 Å². The van der Waals surface area contributed by atoms with Crippen molar-refractivity contribution in [3.05, 3.63) is 29.6 Å². The van der Waals surface area contributed by atoms with E-state index in [2.05, 4.69) is 18.1 Å². The van der Waals surface area contributed by atoms with E-state index in [9.17, 15) is 9.18 Å². The summed E-state index contributed by atoms with van der Waals surface area (Å²) in [5, 5.41) is 0. The molecule has 0 aliphatic carbocycles. The normalized spacial score (nSPS) is 12.5. The summed E-state index contributed by atoms with van der Waals surface area (Å²) in [6.07, 6.45) is 2.34. The molecule has 1 unspecified atom stereocenters. The molecule has 0 heterocycles. The quantitative estimate of drug-likeness (QED) is 0.690. The molecule has 1 rings (SSSR count). The van der Waals surface area contributed by atoms with E-state index in [-0.39, 0.29) is 17.8 Å². The molecule has 0 aliphatic rings. The van der Waals surface area contributed by atoms with Gasteiger partial charge in [-0.2, -0.15) is 11.8 Å². The first kappa shape index (κ1) is 17.0. The number of hydrogen-bond donors (Lipinski definition) is 0. The zero-order chi connectivity index (χ0) is 15.1. The first-order chi connectivity index (χ1) is 9.51. The molecule has 0 radical (unpaired) electrons. The Morgan fingerprint density at radius 2 is 2.20 bits per heavy atom. The van der Waals surface area contributed by atoms with E-state index >= 15 is 0 Å². The second kappa shape index (κ2) is 8.27. The molecule has 1 atom stereocenters. The van der Waals surface area contributed by atoms with E-state index in [0.717, 1.165) is 5.75 Å². The molecule has 1 aromatic carbocycles. The van der Waals surface area contributed by atoms with Crippen LogP contribution in [0, 0.1) is 5.82 Å². The van der Waals surface area contributed by atoms with Gasteiger partial charge in [0.15, 0.2) is 5.78 Å². The fraction of sp³-hybridized carbons (Fsp3) is 0.533. The van der Waals surface area contributed by atoms with Crippen LogP contribution in [-0.2, 0) is 0 Å². The summed E-state index contributed by atoms with van der Waals surface area (Å²) < 4.78 is 18.8. The fourth-order valence-corrected chi connectivity index (χ4v) is 2.67. The van der Waals surface area contributed by atoms with Gasteiger partial charge in [0, 0.05) is 24.8 Å². The van der Waals surface area contributed by atoms with Crippen LogP contribution in [0.15, 0.2) is 18.2 Å². The number of halogens is 1. The molecule has 0 aliphatic heterocycles. The SMILES string of the molecule is COc1cccc(F)c1C(=O)CCN(C)C(C)CSC. The monoisotopic (exact) mass is 299 g/mol. The van der Waals surface area contributed by atoms with Crippen LogP contribution < -0.4 is 4.74 Å². The summed E-state index contributed by atoms with van der Waals surface area (Å²) in [6, 6.07) is 4.82. The van der Waals surface area contributed by atoms with E-state index in [0.29, 0.717) is 18.3 Å². The van der Waals surface area contributed by atoms with Gasteiger partial charge in [-0.25, -0.2) is 4.39 Å². The molecule has 0 saturated carbocycles. The number of benzene rings is 1. The number of methoxy groups -OCH3 is 1. The van der Waals surface area contributed by atoms with E-state index < -0.39 is 5.82 Å². The van der Waals surface area contributed by atoms with Gasteiger partial charge in [0.2, 0.25) is 0 Å². The first-order valence-electron chi connectivity index (χ1n) is 6.56. The van der Waals surface area contributed by atoms with Gasteiger partial charge in [-0.3, -0.25) is 4.79 Å². The Labute approximate surface area is 124 Å². The minimum Gasteiger partial charge on any atom is -0.496 e. The van der Waals surface area contributed by atoms with Gasteiger partial charge >= 0.3 is 0 Å². The molecular weight excluding hydrogens is 277 g/mol. The predicted molar refractivity (Wildman–Crippen MR) is 82.4 cm³/mol. The lowest BCUT2D eigenvalue weighted by molar-refractivity contribution is 0.0957. The van der Waals surface area contributed by atoms with Crippen molar-refractivity contribution < 1.29 is 13.9 Å². The summed E-state index contributed by atoms with van der Waals surface area (Å²) in [7, 11) is 3.42. The van der Waals surface area contributed by atoms with E-state index in [1.165, 1.54) is 19.2 Å². The van der Waals surface area contributed by atoms with Gasteiger partial charge in [-0.05, 0) is 32.4 Å². The van der Waals surface area contributed by atoms with Gasteiger partial charge in [0.05, 0.1) is 12.7 Å². The van der Waals surface area contributed by atoms with Crippen molar-refractivity contribution >= 4 is 17.5 Å². The molecule has 1 aromatic rings.